The lowest BCUT2D eigenvalue weighted by molar-refractivity contribution is 0.108. The number of phenols is 1. The summed E-state index contributed by atoms with van der Waals surface area (Å²) in [5.74, 6) is 0.590. The summed E-state index contributed by atoms with van der Waals surface area (Å²) in [6, 6.07) is 14.4. The van der Waals surface area contributed by atoms with Crippen LogP contribution < -0.4 is 5.32 Å². The van der Waals surface area contributed by atoms with Gasteiger partial charge in [-0.3, -0.25) is 4.90 Å². The Morgan fingerprint density at radius 1 is 1.19 bits per heavy atom. The van der Waals surface area contributed by atoms with Gasteiger partial charge in [0.15, 0.2) is 0 Å². The van der Waals surface area contributed by atoms with Crippen molar-refractivity contribution >= 4 is 6.03 Å². The molecule has 2 N–H and O–H groups in total. The molecule has 2 amide bonds. The molecule has 136 valence electrons. The van der Waals surface area contributed by atoms with Crippen molar-refractivity contribution in [1.82, 2.24) is 10.2 Å². The molecule has 3 unspecified atom stereocenters. The normalized spacial score (nSPS) is 32.6. The van der Waals surface area contributed by atoms with Crippen LogP contribution in [0.4, 0.5) is 4.79 Å². The predicted molar refractivity (Wildman–Crippen MR) is 102 cm³/mol. The van der Waals surface area contributed by atoms with Gasteiger partial charge in [-0.1, -0.05) is 36.4 Å². The molecule has 4 heteroatoms. The number of nitrogens with zero attached hydrogens (tertiary/aromatic N) is 1. The number of hydrogen-bond acceptors (Lipinski definition) is 2. The van der Waals surface area contributed by atoms with Crippen molar-refractivity contribution in [3.8, 4) is 5.75 Å². The van der Waals surface area contributed by atoms with E-state index in [1.807, 2.05) is 19.2 Å². The van der Waals surface area contributed by atoms with Gasteiger partial charge in [-0.05, 0) is 60.1 Å². The lowest BCUT2D eigenvalue weighted by Gasteiger charge is -2.48. The second-order valence-corrected chi connectivity index (χ2v) is 8.60. The molecule has 0 saturated carbocycles. The highest BCUT2D eigenvalue weighted by molar-refractivity contribution is 5.84. The van der Waals surface area contributed by atoms with Gasteiger partial charge in [0.05, 0.1) is 0 Å². The molecule has 4 aliphatic rings. The molecule has 3 atom stereocenters. The zero-order valence-corrected chi connectivity index (χ0v) is 15.3. The molecule has 1 aliphatic heterocycles. The topological polar surface area (TPSA) is 52.6 Å². The molecule has 6 rings (SSSR count). The minimum Gasteiger partial charge on any atom is -0.508 e. The summed E-state index contributed by atoms with van der Waals surface area (Å²) in [7, 11) is 1.87. The number of hydrogen-bond donors (Lipinski definition) is 2. The Balaban J connectivity index is 1.66. The van der Waals surface area contributed by atoms with Crippen LogP contribution in [0.15, 0.2) is 54.2 Å². The van der Waals surface area contributed by atoms with E-state index < -0.39 is 5.54 Å². The van der Waals surface area contributed by atoms with Crippen molar-refractivity contribution in [3.05, 3.63) is 76.5 Å². The van der Waals surface area contributed by atoms with Crippen LogP contribution in [0.3, 0.4) is 0 Å². The van der Waals surface area contributed by atoms with Gasteiger partial charge in [0.25, 0.3) is 0 Å². The van der Waals surface area contributed by atoms with Gasteiger partial charge < -0.3 is 10.4 Å². The third kappa shape index (κ3) is 1.67. The van der Waals surface area contributed by atoms with Gasteiger partial charge in [-0.2, -0.15) is 0 Å². The number of aromatic hydroxyl groups is 1. The quantitative estimate of drug-likeness (QED) is 0.753. The van der Waals surface area contributed by atoms with Crippen molar-refractivity contribution in [2.75, 3.05) is 7.05 Å². The first-order valence-electron chi connectivity index (χ1n) is 9.72. The Hall–Kier alpha value is -2.75. The van der Waals surface area contributed by atoms with Gasteiger partial charge in [0, 0.05) is 24.1 Å². The maximum absolute atomic E-state index is 12.8. The van der Waals surface area contributed by atoms with E-state index in [1.165, 1.54) is 16.7 Å². The fourth-order valence-electron chi connectivity index (χ4n) is 6.34. The summed E-state index contributed by atoms with van der Waals surface area (Å²) in [6.45, 7) is 0. The Labute approximate surface area is 158 Å². The van der Waals surface area contributed by atoms with Crippen LogP contribution in [0.1, 0.15) is 41.0 Å². The third-order valence-corrected chi connectivity index (χ3v) is 7.46. The molecule has 3 aliphatic carbocycles. The van der Waals surface area contributed by atoms with Gasteiger partial charge in [0.2, 0.25) is 0 Å². The van der Waals surface area contributed by atoms with Crippen molar-refractivity contribution in [2.45, 2.75) is 37.1 Å². The molecule has 1 saturated heterocycles. The highest BCUT2D eigenvalue weighted by Gasteiger charge is 2.66. The summed E-state index contributed by atoms with van der Waals surface area (Å²) in [5, 5.41) is 13.6. The maximum Gasteiger partial charge on any atom is 0.322 e. The Kier molecular flexibility index (Phi) is 2.69. The molecular formula is C23H22N2O2. The fourth-order valence-corrected chi connectivity index (χ4v) is 6.34. The molecule has 0 aromatic heterocycles. The van der Waals surface area contributed by atoms with Crippen molar-refractivity contribution in [1.29, 1.82) is 0 Å². The fraction of sp³-hybridized carbons (Fsp3) is 0.348. The monoisotopic (exact) mass is 358 g/mol. The number of urea groups is 1. The van der Waals surface area contributed by atoms with E-state index >= 15 is 0 Å². The number of rotatable bonds is 0. The standard InChI is InChI=1S/C23H22N2O2/c1-25-20-10-16-13-22(9-8-14-4-2-3-5-18(14)16)12-15-6-7-17(26)11-19(15)23(20,22)24-21(25)27/h2-7,10-11,16,26H,8-9,12-13H2,1H3,(H,24,27). The van der Waals surface area contributed by atoms with Crippen LogP contribution >= 0.6 is 0 Å². The molecular weight excluding hydrogens is 336 g/mol. The number of carbonyl (C=O) groups is 1. The number of nitrogens with one attached hydrogen (secondary N) is 1. The van der Waals surface area contributed by atoms with Crippen LogP contribution in [0, 0.1) is 5.41 Å². The summed E-state index contributed by atoms with van der Waals surface area (Å²) < 4.78 is 0. The third-order valence-electron chi connectivity index (χ3n) is 7.46. The number of amides is 2. The van der Waals surface area contributed by atoms with E-state index in [4.69, 9.17) is 0 Å². The van der Waals surface area contributed by atoms with Crippen molar-refractivity contribution in [2.24, 2.45) is 5.41 Å². The number of benzene rings is 2. The number of likely N-dealkylation sites (N-methyl/N-ethyl adjacent to an activating group) is 1. The first-order chi connectivity index (χ1) is 13.0. The average molecular weight is 358 g/mol. The predicted octanol–water partition coefficient (Wildman–Crippen LogP) is 3.80. The van der Waals surface area contributed by atoms with E-state index in [-0.39, 0.29) is 17.2 Å². The van der Waals surface area contributed by atoms with Crippen LogP contribution in [0.2, 0.25) is 0 Å². The first kappa shape index (κ1) is 15.3. The second-order valence-electron chi connectivity index (χ2n) is 8.60. The molecule has 27 heavy (non-hydrogen) atoms. The van der Waals surface area contributed by atoms with Gasteiger partial charge in [0.1, 0.15) is 11.3 Å². The Bertz CT molecular complexity index is 1040. The van der Waals surface area contributed by atoms with Gasteiger partial charge in [-0.15, -0.1) is 0 Å². The SMILES string of the molecule is CN1C(=O)NC23C1=CC1CC2(CCc2ccccc21)Cc1ccc(O)cc13. The second kappa shape index (κ2) is 4.75. The summed E-state index contributed by atoms with van der Waals surface area (Å²) >= 11 is 0. The smallest absolute Gasteiger partial charge is 0.322 e. The summed E-state index contributed by atoms with van der Waals surface area (Å²) in [6.07, 6.45) is 6.33. The van der Waals surface area contributed by atoms with Crippen molar-refractivity contribution in [3.63, 3.8) is 0 Å². The Morgan fingerprint density at radius 2 is 2.04 bits per heavy atom. The minimum atomic E-state index is -0.522. The number of allylic oxidation sites excluding steroid dienone is 1. The summed E-state index contributed by atoms with van der Waals surface area (Å²) in [4.78, 5) is 14.6. The van der Waals surface area contributed by atoms with Crippen molar-refractivity contribution < 1.29 is 9.90 Å². The van der Waals surface area contributed by atoms with E-state index in [9.17, 15) is 9.90 Å². The molecule has 0 radical (unpaired) electrons. The summed E-state index contributed by atoms with van der Waals surface area (Å²) in [5.41, 5.74) is 5.64. The highest BCUT2D eigenvalue weighted by atomic mass is 16.3. The average Bonchev–Trinajstić information content (AvgIpc) is 3.03. The number of phenolic OH excluding ortho intramolecular Hbond substituents is 1. The first-order valence-corrected chi connectivity index (χ1v) is 9.72. The largest absolute Gasteiger partial charge is 0.508 e. The molecule has 1 heterocycles. The highest BCUT2D eigenvalue weighted by Crippen LogP contribution is 2.66. The molecule has 1 fully saturated rings. The van der Waals surface area contributed by atoms with Crippen LogP contribution in [-0.2, 0) is 18.4 Å². The Morgan fingerprint density at radius 3 is 2.93 bits per heavy atom. The molecule has 2 aromatic carbocycles. The zero-order chi connectivity index (χ0) is 18.4. The van der Waals surface area contributed by atoms with Crippen LogP contribution in [0.25, 0.3) is 0 Å². The number of carbonyl (C=O) groups excluding carboxylic acids is 1. The van der Waals surface area contributed by atoms with E-state index in [0.29, 0.717) is 5.92 Å². The zero-order valence-electron chi connectivity index (χ0n) is 15.3. The van der Waals surface area contributed by atoms with Gasteiger partial charge in [-0.25, -0.2) is 4.79 Å². The van der Waals surface area contributed by atoms with E-state index in [2.05, 4.69) is 35.7 Å². The molecule has 4 nitrogen and oxygen atoms in total. The van der Waals surface area contributed by atoms with E-state index in [1.54, 1.807) is 11.0 Å². The lowest BCUT2D eigenvalue weighted by atomic mass is 9.59. The maximum atomic E-state index is 12.8. The van der Waals surface area contributed by atoms with Gasteiger partial charge >= 0.3 is 6.03 Å². The minimum absolute atomic E-state index is 0.0451. The number of fused-ring (bicyclic) bond motifs is 4. The number of aryl methyl sites for hydroxylation is 1. The lowest BCUT2D eigenvalue weighted by Crippen LogP contribution is -2.53. The molecule has 2 bridgehead atoms. The van der Waals surface area contributed by atoms with E-state index in [0.717, 1.165) is 36.9 Å². The molecule has 2 aromatic rings. The molecule has 2 spiro atoms. The van der Waals surface area contributed by atoms with Crippen LogP contribution in [0.5, 0.6) is 5.75 Å². The van der Waals surface area contributed by atoms with Crippen LogP contribution in [-0.4, -0.2) is 23.1 Å².